The van der Waals surface area contributed by atoms with Gasteiger partial charge in [-0.2, -0.15) is 15.8 Å². The van der Waals surface area contributed by atoms with Gasteiger partial charge in [-0.1, -0.05) is 24.3 Å². The number of hydrogen-bond donors (Lipinski definition) is 1. The van der Waals surface area contributed by atoms with Crippen LogP contribution in [-0.4, -0.2) is 37.9 Å². The second kappa shape index (κ2) is 10.6. The van der Waals surface area contributed by atoms with Crippen molar-refractivity contribution < 1.29 is 28.9 Å². The molecule has 2 aromatic carbocycles. The van der Waals surface area contributed by atoms with Crippen molar-refractivity contribution in [2.24, 2.45) is 11.3 Å². The van der Waals surface area contributed by atoms with E-state index in [0.717, 1.165) is 14.2 Å². The predicted molar refractivity (Wildman–Crippen MR) is 125 cm³/mol. The van der Waals surface area contributed by atoms with Crippen LogP contribution in [0.1, 0.15) is 35.4 Å². The van der Waals surface area contributed by atoms with Gasteiger partial charge in [0, 0.05) is 5.92 Å². The summed E-state index contributed by atoms with van der Waals surface area (Å²) < 4.78 is 15.3. The first-order valence-electron chi connectivity index (χ1n) is 11.0. The molecule has 3 atom stereocenters. The first-order valence-corrected chi connectivity index (χ1v) is 11.0. The van der Waals surface area contributed by atoms with E-state index in [0.29, 0.717) is 29.0 Å². The van der Waals surface area contributed by atoms with Gasteiger partial charge in [-0.05, 0) is 42.3 Å². The number of rotatable bonds is 6. The summed E-state index contributed by atoms with van der Waals surface area (Å²) in [5.41, 5.74) is -1.45. The number of aliphatic hydroxyl groups is 1. The van der Waals surface area contributed by atoms with Crippen molar-refractivity contribution in [1.29, 1.82) is 15.8 Å². The van der Waals surface area contributed by atoms with E-state index in [2.05, 4.69) is 12.1 Å². The summed E-state index contributed by atoms with van der Waals surface area (Å²) in [7, 11) is 2.19. The molecule has 36 heavy (non-hydrogen) atoms. The lowest BCUT2D eigenvalue weighted by Gasteiger charge is -2.44. The number of carbonyl (C=O) groups excluding carboxylic acids is 2. The number of carbonyl (C=O) groups is 2. The van der Waals surface area contributed by atoms with Crippen molar-refractivity contribution in [1.82, 2.24) is 0 Å². The quantitative estimate of drug-likeness (QED) is 0.604. The molecule has 3 rings (SSSR count). The number of nitriles is 3. The number of hydrogen-bond acceptors (Lipinski definition) is 9. The molecule has 0 aliphatic heterocycles. The Hall–Kier alpha value is -4.81. The average Bonchev–Trinajstić information content (AvgIpc) is 2.92. The van der Waals surface area contributed by atoms with Crippen LogP contribution in [0.4, 0.5) is 0 Å². The van der Waals surface area contributed by atoms with Crippen molar-refractivity contribution >= 4 is 11.9 Å². The van der Waals surface area contributed by atoms with Crippen LogP contribution in [0.2, 0.25) is 0 Å². The Kier molecular flexibility index (Phi) is 7.62. The van der Waals surface area contributed by atoms with Crippen LogP contribution in [0.25, 0.3) is 0 Å². The number of esters is 2. The maximum Gasteiger partial charge on any atom is 0.337 e. The standard InChI is InChI=1S/C27H23N3O6/c1-4-36-19-11-9-18(10-12-19)23-21(26(33)35-3)24(31)20(25(32)34-2)22(27(23,14-29)15-30)17-7-5-16(13-28)6-8-17/h5-12,21-23,31H,4H2,1-3H3/t21-,22+,23-/m0/s1. The zero-order valence-electron chi connectivity index (χ0n) is 19.9. The Balaban J connectivity index is 2.42. The predicted octanol–water partition coefficient (Wildman–Crippen LogP) is 3.65. The minimum absolute atomic E-state index is 0.309. The molecule has 1 N–H and O–H groups in total. The summed E-state index contributed by atoms with van der Waals surface area (Å²) in [4.78, 5) is 25.9. The Labute approximate surface area is 208 Å². The molecule has 0 spiro atoms. The summed E-state index contributed by atoms with van der Waals surface area (Å²) in [6.07, 6.45) is 0. The molecule has 9 heteroatoms. The van der Waals surface area contributed by atoms with Gasteiger partial charge in [0.25, 0.3) is 0 Å². The van der Waals surface area contributed by atoms with Crippen molar-refractivity contribution in [3.05, 3.63) is 76.6 Å². The minimum Gasteiger partial charge on any atom is -0.511 e. The van der Waals surface area contributed by atoms with E-state index >= 15 is 0 Å². The molecule has 0 saturated carbocycles. The largest absolute Gasteiger partial charge is 0.511 e. The highest BCUT2D eigenvalue weighted by Gasteiger charge is 2.61. The summed E-state index contributed by atoms with van der Waals surface area (Å²) >= 11 is 0. The fourth-order valence-electron chi connectivity index (χ4n) is 4.72. The Bertz CT molecular complexity index is 1300. The summed E-state index contributed by atoms with van der Waals surface area (Å²) in [5, 5.41) is 41.6. The molecule has 0 aromatic heterocycles. The molecule has 0 heterocycles. The highest BCUT2D eigenvalue weighted by Crippen LogP contribution is 2.59. The second-order valence-electron chi connectivity index (χ2n) is 8.03. The van der Waals surface area contributed by atoms with Gasteiger partial charge in [0.1, 0.15) is 17.4 Å². The van der Waals surface area contributed by atoms with Crippen molar-refractivity contribution in [2.45, 2.75) is 18.8 Å². The van der Waals surface area contributed by atoms with Gasteiger partial charge in [-0.15, -0.1) is 0 Å². The molecule has 0 bridgehead atoms. The van der Waals surface area contributed by atoms with Crippen molar-refractivity contribution in [2.75, 3.05) is 20.8 Å². The topological polar surface area (TPSA) is 153 Å². The lowest BCUT2D eigenvalue weighted by Crippen LogP contribution is -2.47. The molecule has 0 radical (unpaired) electrons. The van der Waals surface area contributed by atoms with E-state index in [1.54, 1.807) is 24.3 Å². The second-order valence-corrected chi connectivity index (χ2v) is 8.03. The van der Waals surface area contributed by atoms with Crippen LogP contribution >= 0.6 is 0 Å². The van der Waals surface area contributed by atoms with Gasteiger partial charge in [0.05, 0.1) is 56.1 Å². The maximum absolute atomic E-state index is 13.0. The highest BCUT2D eigenvalue weighted by atomic mass is 16.5. The average molecular weight is 485 g/mol. The SMILES string of the molecule is CCOc1ccc([C@H]2[C@H](C(=O)OC)C(O)=C(C(=O)OC)[C@@H](c3ccc(C#N)cc3)C2(C#N)C#N)cc1. The Morgan fingerprint density at radius 1 is 0.944 bits per heavy atom. The summed E-state index contributed by atoms with van der Waals surface area (Å²) in [6, 6.07) is 18.5. The molecule has 1 aliphatic rings. The van der Waals surface area contributed by atoms with E-state index in [-0.39, 0.29) is 0 Å². The molecule has 0 amide bonds. The minimum atomic E-state index is -2.06. The fourth-order valence-corrected chi connectivity index (χ4v) is 4.72. The fraction of sp³-hybridized carbons (Fsp3) is 0.296. The smallest absolute Gasteiger partial charge is 0.337 e. The van der Waals surface area contributed by atoms with Gasteiger partial charge in [-0.25, -0.2) is 4.79 Å². The van der Waals surface area contributed by atoms with Gasteiger partial charge < -0.3 is 19.3 Å². The summed E-state index contributed by atoms with van der Waals surface area (Å²) in [6.45, 7) is 2.23. The number of aliphatic hydroxyl groups excluding tert-OH is 1. The van der Waals surface area contributed by atoms with Crippen molar-refractivity contribution in [3.63, 3.8) is 0 Å². The third kappa shape index (κ3) is 4.21. The molecular formula is C27H23N3O6. The third-order valence-corrected chi connectivity index (χ3v) is 6.29. The normalized spacial score (nSPS) is 20.3. The lowest BCUT2D eigenvalue weighted by atomic mass is 9.54. The molecule has 0 saturated heterocycles. The van der Waals surface area contributed by atoms with Crippen molar-refractivity contribution in [3.8, 4) is 24.0 Å². The summed E-state index contributed by atoms with van der Waals surface area (Å²) in [5.74, 6) is -6.14. The van der Waals surface area contributed by atoms with E-state index in [9.17, 15) is 30.5 Å². The van der Waals surface area contributed by atoms with Crippen LogP contribution in [-0.2, 0) is 19.1 Å². The zero-order chi connectivity index (χ0) is 26.5. The van der Waals surface area contributed by atoms with Gasteiger partial charge in [-0.3, -0.25) is 4.79 Å². The Morgan fingerprint density at radius 3 is 2.00 bits per heavy atom. The lowest BCUT2D eigenvalue weighted by molar-refractivity contribution is -0.147. The molecule has 9 nitrogen and oxygen atoms in total. The monoisotopic (exact) mass is 485 g/mol. The van der Waals surface area contributed by atoms with Gasteiger partial charge >= 0.3 is 11.9 Å². The van der Waals surface area contributed by atoms with E-state index in [4.69, 9.17) is 14.2 Å². The van der Waals surface area contributed by atoms with Crippen LogP contribution in [0.3, 0.4) is 0 Å². The number of nitrogens with zero attached hydrogens (tertiary/aromatic N) is 3. The Morgan fingerprint density at radius 2 is 1.53 bits per heavy atom. The molecule has 182 valence electrons. The highest BCUT2D eigenvalue weighted by molar-refractivity contribution is 5.94. The first kappa shape index (κ1) is 25.8. The molecule has 0 fully saturated rings. The van der Waals surface area contributed by atoms with E-state index in [1.165, 1.54) is 24.3 Å². The van der Waals surface area contributed by atoms with Crippen LogP contribution in [0.15, 0.2) is 59.9 Å². The number of methoxy groups -OCH3 is 2. The van der Waals surface area contributed by atoms with E-state index < -0.39 is 46.4 Å². The third-order valence-electron chi connectivity index (χ3n) is 6.29. The van der Waals surface area contributed by atoms with Crippen LogP contribution in [0, 0.1) is 45.3 Å². The van der Waals surface area contributed by atoms with Crippen LogP contribution < -0.4 is 4.74 Å². The maximum atomic E-state index is 13.0. The number of ether oxygens (including phenoxy) is 3. The van der Waals surface area contributed by atoms with Gasteiger partial charge in [0.2, 0.25) is 0 Å². The van der Waals surface area contributed by atoms with Gasteiger partial charge in [0.15, 0.2) is 5.41 Å². The molecule has 1 aliphatic carbocycles. The molecule has 0 unspecified atom stereocenters. The first-order chi connectivity index (χ1) is 17.3. The molecule has 2 aromatic rings. The number of benzene rings is 2. The van der Waals surface area contributed by atoms with Crippen LogP contribution in [0.5, 0.6) is 5.75 Å². The zero-order valence-corrected chi connectivity index (χ0v) is 19.9. The molecular weight excluding hydrogens is 462 g/mol. The van der Waals surface area contributed by atoms with E-state index in [1.807, 2.05) is 13.0 Å².